The normalized spacial score (nSPS) is 13.0. The molecule has 0 saturated carbocycles. The number of carbonyl (C=O) groups is 2. The van der Waals surface area contributed by atoms with Crippen LogP contribution in [-0.2, 0) is 6.54 Å². The van der Waals surface area contributed by atoms with E-state index in [4.69, 9.17) is 12.5 Å². The molecule has 2 aromatic rings. The number of fused-ring (bicyclic) bond motifs is 1. The van der Waals surface area contributed by atoms with E-state index in [-0.39, 0.29) is 18.4 Å². The van der Waals surface area contributed by atoms with Gasteiger partial charge in [-0.25, -0.2) is 0 Å². The Bertz CT molecular complexity index is 821. The Morgan fingerprint density at radius 1 is 1.00 bits per heavy atom. The summed E-state index contributed by atoms with van der Waals surface area (Å²) in [6, 6.07) is 10.2. The Kier molecular flexibility index (Phi) is 4.61. The van der Waals surface area contributed by atoms with Gasteiger partial charge < -0.3 is 12.5 Å². The van der Waals surface area contributed by atoms with Crippen LogP contribution in [0.5, 0.6) is 17.2 Å². The van der Waals surface area contributed by atoms with Crippen LogP contribution < -0.4 is 12.5 Å². The van der Waals surface area contributed by atoms with Crippen molar-refractivity contribution < 1.29 is 22.1 Å². The van der Waals surface area contributed by atoms with Crippen LogP contribution in [0.1, 0.15) is 26.3 Å². The maximum absolute atomic E-state index is 12.7. The molecule has 0 saturated heterocycles. The summed E-state index contributed by atoms with van der Waals surface area (Å²) in [5, 5.41) is 0. The maximum Gasteiger partial charge on any atom is 0.265 e. The summed E-state index contributed by atoms with van der Waals surface area (Å²) in [6.45, 7) is 0.111. The molecule has 0 radical (unpaired) electrons. The predicted octanol–water partition coefficient (Wildman–Crippen LogP) is 3.23. The maximum atomic E-state index is 12.7. The third kappa shape index (κ3) is 2.68. The first-order chi connectivity index (χ1) is 11.6. The molecule has 1 heterocycles. The molecule has 0 bridgehead atoms. The fourth-order valence-electron chi connectivity index (χ4n) is 2.66. The number of amides is 2. The topological polar surface area (TPSA) is 65.1 Å². The molecule has 3 rings (SSSR count). The van der Waals surface area contributed by atoms with Crippen molar-refractivity contribution in [2.45, 2.75) is 6.54 Å². The molecule has 0 fully saturated rings. The summed E-state index contributed by atoms with van der Waals surface area (Å²) in [5.74, 6) is 0.855. The predicted molar refractivity (Wildman–Crippen MR) is 94.8 cm³/mol. The Labute approximate surface area is 153 Å². The largest absolute Gasteiger partial charge is 0.497 e. The first-order valence-electron chi connectivity index (χ1n) is 7.09. The molecule has 0 atom stereocenters. The summed E-state index contributed by atoms with van der Waals surface area (Å²) in [7, 11) is 3.09. The third-order valence-corrected chi connectivity index (χ3v) is 4.34. The van der Waals surface area contributed by atoms with E-state index in [1.807, 2.05) is 0 Å². The SMILES string of the molecule is COc1ccc(CN2C(=O)c3cccc(OI)c3C2=O)c(OC)c1. The zero-order chi connectivity index (χ0) is 17.3. The number of ether oxygens (including phenoxy) is 2. The van der Waals surface area contributed by atoms with Crippen LogP contribution in [0, 0.1) is 0 Å². The number of hydrogen-bond donors (Lipinski definition) is 0. The Morgan fingerprint density at radius 3 is 2.46 bits per heavy atom. The number of rotatable bonds is 5. The minimum Gasteiger partial charge on any atom is -0.497 e. The van der Waals surface area contributed by atoms with Crippen molar-refractivity contribution in [2.24, 2.45) is 0 Å². The molecule has 0 aliphatic carbocycles. The van der Waals surface area contributed by atoms with Crippen molar-refractivity contribution in [3.8, 4) is 17.2 Å². The monoisotopic (exact) mass is 439 g/mol. The summed E-state index contributed by atoms with van der Waals surface area (Å²) < 4.78 is 15.7. The van der Waals surface area contributed by atoms with Gasteiger partial charge in [-0.2, -0.15) is 0 Å². The highest BCUT2D eigenvalue weighted by Gasteiger charge is 2.38. The molecular weight excluding hydrogens is 425 g/mol. The standard InChI is InChI=1S/C17H14INO5/c1-22-11-7-6-10(14(8-11)23-2)9-19-16(20)12-4-3-5-13(24-18)15(12)17(19)21/h3-8H,9H2,1-2H3. The van der Waals surface area contributed by atoms with Crippen LogP contribution >= 0.6 is 23.0 Å². The van der Waals surface area contributed by atoms with Crippen LogP contribution in [0.25, 0.3) is 0 Å². The molecule has 7 heteroatoms. The smallest absolute Gasteiger partial charge is 0.265 e. The average molecular weight is 439 g/mol. The Hall–Kier alpha value is -2.29. The highest BCUT2D eigenvalue weighted by molar-refractivity contribution is 14.1. The van der Waals surface area contributed by atoms with E-state index < -0.39 is 0 Å². The van der Waals surface area contributed by atoms with Crippen LogP contribution in [0.3, 0.4) is 0 Å². The lowest BCUT2D eigenvalue weighted by molar-refractivity contribution is 0.0641. The molecule has 0 unspecified atom stereocenters. The van der Waals surface area contributed by atoms with Gasteiger partial charge in [-0.05, 0) is 24.3 Å². The second-order valence-corrected chi connectivity index (χ2v) is 5.57. The quantitative estimate of drug-likeness (QED) is 0.529. The van der Waals surface area contributed by atoms with E-state index in [0.717, 1.165) is 0 Å². The number of halogens is 1. The van der Waals surface area contributed by atoms with Gasteiger partial charge in [0.1, 0.15) is 17.2 Å². The van der Waals surface area contributed by atoms with Crippen LogP contribution in [0.4, 0.5) is 0 Å². The summed E-state index contributed by atoms with van der Waals surface area (Å²) in [4.78, 5) is 26.4. The van der Waals surface area contributed by atoms with Crippen LogP contribution in [0.2, 0.25) is 0 Å². The molecule has 6 nitrogen and oxygen atoms in total. The molecule has 24 heavy (non-hydrogen) atoms. The fourth-order valence-corrected chi connectivity index (χ4v) is 3.03. The first kappa shape index (κ1) is 16.6. The molecule has 0 N–H and O–H groups in total. The number of nitrogens with zero attached hydrogens (tertiary/aromatic N) is 1. The number of methoxy groups -OCH3 is 2. The van der Waals surface area contributed by atoms with Gasteiger partial charge in [0, 0.05) is 11.6 Å². The minimum absolute atomic E-state index is 0.111. The average Bonchev–Trinajstić information content (AvgIpc) is 2.87. The van der Waals surface area contributed by atoms with E-state index in [0.29, 0.717) is 33.9 Å². The van der Waals surface area contributed by atoms with Gasteiger partial charge >= 0.3 is 0 Å². The fraction of sp³-hybridized carbons (Fsp3) is 0.176. The van der Waals surface area contributed by atoms with Crippen LogP contribution in [0.15, 0.2) is 36.4 Å². The molecule has 0 aromatic heterocycles. The zero-order valence-corrected chi connectivity index (χ0v) is 15.2. The first-order valence-corrected chi connectivity index (χ1v) is 7.97. The molecule has 1 aliphatic heterocycles. The Balaban J connectivity index is 1.95. The van der Waals surface area contributed by atoms with Gasteiger partial charge in [0.15, 0.2) is 23.0 Å². The van der Waals surface area contributed by atoms with Gasteiger partial charge in [0.25, 0.3) is 11.8 Å². The van der Waals surface area contributed by atoms with Gasteiger partial charge in [0.05, 0.1) is 31.9 Å². The molecule has 0 spiro atoms. The van der Waals surface area contributed by atoms with Gasteiger partial charge in [-0.15, -0.1) is 0 Å². The van der Waals surface area contributed by atoms with Crippen molar-refractivity contribution in [1.82, 2.24) is 4.90 Å². The van der Waals surface area contributed by atoms with Crippen molar-refractivity contribution in [3.63, 3.8) is 0 Å². The van der Waals surface area contributed by atoms with E-state index >= 15 is 0 Å². The van der Waals surface area contributed by atoms with Gasteiger partial charge in [-0.1, -0.05) is 6.07 Å². The molecule has 2 aromatic carbocycles. The number of imide groups is 1. The minimum atomic E-state index is -0.375. The van der Waals surface area contributed by atoms with Gasteiger partial charge in [-0.3, -0.25) is 14.5 Å². The van der Waals surface area contributed by atoms with Crippen molar-refractivity contribution in [3.05, 3.63) is 53.1 Å². The molecule has 2 amide bonds. The van der Waals surface area contributed by atoms with Crippen molar-refractivity contribution in [1.29, 1.82) is 0 Å². The van der Waals surface area contributed by atoms with Crippen molar-refractivity contribution >= 4 is 34.8 Å². The third-order valence-electron chi connectivity index (χ3n) is 3.87. The number of benzene rings is 2. The Morgan fingerprint density at radius 2 is 1.79 bits per heavy atom. The lowest BCUT2D eigenvalue weighted by Crippen LogP contribution is -2.29. The lowest BCUT2D eigenvalue weighted by atomic mass is 10.1. The molecule has 1 aliphatic rings. The summed E-state index contributed by atoms with van der Waals surface area (Å²) in [5.41, 5.74) is 1.36. The summed E-state index contributed by atoms with van der Waals surface area (Å²) in [6.07, 6.45) is 0. The van der Waals surface area contributed by atoms with E-state index in [9.17, 15) is 9.59 Å². The highest BCUT2D eigenvalue weighted by atomic mass is 127. The second-order valence-electron chi connectivity index (χ2n) is 5.13. The van der Waals surface area contributed by atoms with Crippen molar-refractivity contribution in [2.75, 3.05) is 14.2 Å². The molecule has 124 valence electrons. The second kappa shape index (κ2) is 6.68. The van der Waals surface area contributed by atoms with E-state index in [1.54, 1.807) is 66.5 Å². The highest BCUT2D eigenvalue weighted by Crippen LogP contribution is 2.34. The van der Waals surface area contributed by atoms with Gasteiger partial charge in [0.2, 0.25) is 0 Å². The van der Waals surface area contributed by atoms with E-state index in [1.165, 1.54) is 12.0 Å². The number of hydrogen-bond acceptors (Lipinski definition) is 5. The molecular formula is C17H14INO5. The summed E-state index contributed by atoms with van der Waals surface area (Å²) >= 11 is 1.70. The van der Waals surface area contributed by atoms with Crippen LogP contribution in [-0.4, -0.2) is 30.9 Å². The zero-order valence-electron chi connectivity index (χ0n) is 13.0. The van der Waals surface area contributed by atoms with E-state index in [2.05, 4.69) is 0 Å². The number of carbonyl (C=O) groups excluding carboxylic acids is 2. The lowest BCUT2D eigenvalue weighted by Gasteiger charge is -2.16.